The molecule has 3 aromatic rings. The van der Waals surface area contributed by atoms with Crippen molar-refractivity contribution in [2.45, 2.75) is 12.3 Å². The van der Waals surface area contributed by atoms with Gasteiger partial charge >= 0.3 is 6.18 Å². The Morgan fingerprint density at radius 3 is 2.55 bits per heavy atom. The standard InChI is InChI=1S/C20H18F3N5O2.ClH/c21-20(22,23)14-3-6-18(25-11-14)28-9-7-16(27-28)19(29)26-15-4-1-13(2-5-15)17-12-24-8-10-30-17;/h1-7,9,11,17,24H,8,10,12H2,(H,26,29);1H/t17-;/m0./s1. The Bertz CT molecular complexity index is 1020. The maximum Gasteiger partial charge on any atom is 0.417 e. The number of morpholine rings is 1. The number of pyridine rings is 1. The van der Waals surface area contributed by atoms with E-state index in [1.807, 2.05) is 12.1 Å². The maximum atomic E-state index is 12.6. The number of rotatable bonds is 4. The number of nitrogens with one attached hydrogen (secondary N) is 2. The third-order valence-electron chi connectivity index (χ3n) is 4.60. The first-order valence-electron chi connectivity index (χ1n) is 9.23. The number of anilines is 1. The van der Waals surface area contributed by atoms with Gasteiger partial charge in [0.1, 0.15) is 0 Å². The number of carbonyl (C=O) groups is 1. The third-order valence-corrected chi connectivity index (χ3v) is 4.60. The van der Waals surface area contributed by atoms with Crippen LogP contribution in [0.15, 0.2) is 54.9 Å². The van der Waals surface area contributed by atoms with Crippen LogP contribution in [0, 0.1) is 0 Å². The molecule has 3 heterocycles. The number of carbonyl (C=O) groups excluding carboxylic acids is 1. The number of hydrogen-bond acceptors (Lipinski definition) is 5. The lowest BCUT2D eigenvalue weighted by molar-refractivity contribution is -0.137. The second-order valence-electron chi connectivity index (χ2n) is 6.69. The van der Waals surface area contributed by atoms with Crippen molar-refractivity contribution >= 4 is 24.0 Å². The van der Waals surface area contributed by atoms with Crippen LogP contribution in [0.1, 0.15) is 27.7 Å². The van der Waals surface area contributed by atoms with Crippen molar-refractivity contribution in [3.05, 3.63) is 71.7 Å². The third kappa shape index (κ3) is 5.40. The van der Waals surface area contributed by atoms with Crippen LogP contribution in [0.2, 0.25) is 0 Å². The highest BCUT2D eigenvalue weighted by Gasteiger charge is 2.30. The molecule has 1 atom stereocenters. The van der Waals surface area contributed by atoms with Gasteiger partial charge in [0.15, 0.2) is 11.5 Å². The van der Waals surface area contributed by atoms with E-state index in [1.165, 1.54) is 23.0 Å². The number of ether oxygens (including phenoxy) is 1. The molecule has 1 fully saturated rings. The molecule has 0 radical (unpaired) electrons. The number of hydrogen-bond donors (Lipinski definition) is 2. The molecule has 1 aliphatic rings. The minimum Gasteiger partial charge on any atom is -0.371 e. The summed E-state index contributed by atoms with van der Waals surface area (Å²) in [6.07, 6.45) is -2.30. The molecule has 4 rings (SSSR count). The summed E-state index contributed by atoms with van der Waals surface area (Å²) in [5.41, 5.74) is 0.863. The predicted octanol–water partition coefficient (Wildman–Crippen LogP) is 3.62. The molecule has 0 aliphatic carbocycles. The van der Waals surface area contributed by atoms with Crippen LogP contribution in [0.3, 0.4) is 0 Å². The molecule has 0 spiro atoms. The van der Waals surface area contributed by atoms with Gasteiger partial charge in [0, 0.05) is 31.2 Å². The molecule has 164 valence electrons. The Labute approximate surface area is 182 Å². The van der Waals surface area contributed by atoms with Crippen molar-refractivity contribution in [2.75, 3.05) is 25.0 Å². The highest BCUT2D eigenvalue weighted by atomic mass is 35.5. The Hall–Kier alpha value is -2.95. The molecule has 1 aromatic carbocycles. The quantitative estimate of drug-likeness (QED) is 0.630. The van der Waals surface area contributed by atoms with Gasteiger partial charge < -0.3 is 15.4 Å². The van der Waals surface area contributed by atoms with Crippen molar-refractivity contribution in [3.8, 4) is 5.82 Å². The first kappa shape index (κ1) is 22.7. The van der Waals surface area contributed by atoms with Gasteiger partial charge in [-0.25, -0.2) is 9.67 Å². The van der Waals surface area contributed by atoms with Crippen LogP contribution >= 0.6 is 12.4 Å². The average molecular weight is 454 g/mol. The van der Waals surface area contributed by atoms with Crippen molar-refractivity contribution in [2.24, 2.45) is 0 Å². The van der Waals surface area contributed by atoms with Gasteiger partial charge in [0.2, 0.25) is 0 Å². The van der Waals surface area contributed by atoms with Crippen LogP contribution in [-0.4, -0.2) is 40.4 Å². The summed E-state index contributed by atoms with van der Waals surface area (Å²) in [6, 6.07) is 10.9. The van der Waals surface area contributed by atoms with E-state index in [4.69, 9.17) is 4.74 Å². The van der Waals surface area contributed by atoms with Gasteiger partial charge in [-0.3, -0.25) is 4.79 Å². The van der Waals surface area contributed by atoms with E-state index in [9.17, 15) is 18.0 Å². The zero-order valence-electron chi connectivity index (χ0n) is 16.1. The molecular formula is C20H19ClF3N5O2. The van der Waals surface area contributed by atoms with E-state index < -0.39 is 17.6 Å². The summed E-state index contributed by atoms with van der Waals surface area (Å²) in [7, 11) is 0. The van der Waals surface area contributed by atoms with Gasteiger partial charge in [0.25, 0.3) is 5.91 Å². The van der Waals surface area contributed by atoms with Gasteiger partial charge in [-0.2, -0.15) is 18.3 Å². The molecule has 2 N–H and O–H groups in total. The molecule has 11 heteroatoms. The summed E-state index contributed by atoms with van der Waals surface area (Å²) in [5, 5.41) is 10.1. The molecule has 1 saturated heterocycles. The van der Waals surface area contributed by atoms with Crippen molar-refractivity contribution < 1.29 is 22.7 Å². The normalized spacial score (nSPS) is 16.4. The zero-order chi connectivity index (χ0) is 21.1. The molecule has 31 heavy (non-hydrogen) atoms. The Kier molecular flexibility index (Phi) is 6.94. The molecule has 0 bridgehead atoms. The van der Waals surface area contributed by atoms with Crippen molar-refractivity contribution in [1.82, 2.24) is 20.1 Å². The lowest BCUT2D eigenvalue weighted by Gasteiger charge is -2.24. The molecular weight excluding hydrogens is 435 g/mol. The van der Waals surface area contributed by atoms with Crippen LogP contribution in [-0.2, 0) is 10.9 Å². The SMILES string of the molecule is Cl.O=C(Nc1ccc([C@@H]2CNCCO2)cc1)c1ccn(-c2ccc(C(F)(F)F)cn2)n1. The minimum absolute atomic E-state index is 0. The van der Waals surface area contributed by atoms with E-state index in [1.54, 1.807) is 12.1 Å². The van der Waals surface area contributed by atoms with Crippen LogP contribution in [0.5, 0.6) is 0 Å². The highest BCUT2D eigenvalue weighted by molar-refractivity contribution is 6.02. The van der Waals surface area contributed by atoms with Gasteiger partial charge in [0.05, 0.1) is 18.3 Å². The number of amides is 1. The summed E-state index contributed by atoms with van der Waals surface area (Å²) >= 11 is 0. The van der Waals surface area contributed by atoms with E-state index in [0.717, 1.165) is 30.9 Å². The monoisotopic (exact) mass is 453 g/mol. The van der Waals surface area contributed by atoms with Gasteiger partial charge in [-0.05, 0) is 35.9 Å². The second kappa shape index (κ2) is 9.46. The fourth-order valence-corrected chi connectivity index (χ4v) is 3.02. The van der Waals surface area contributed by atoms with E-state index >= 15 is 0 Å². The Balaban J connectivity index is 0.00000272. The topological polar surface area (TPSA) is 81.1 Å². The van der Waals surface area contributed by atoms with Crippen LogP contribution in [0.4, 0.5) is 18.9 Å². The number of aromatic nitrogens is 3. The zero-order valence-corrected chi connectivity index (χ0v) is 16.9. The number of alkyl halides is 3. The fourth-order valence-electron chi connectivity index (χ4n) is 3.02. The summed E-state index contributed by atoms with van der Waals surface area (Å²) in [4.78, 5) is 16.2. The van der Waals surface area contributed by atoms with Crippen LogP contribution in [0.25, 0.3) is 5.82 Å². The molecule has 2 aromatic heterocycles. The molecule has 0 saturated carbocycles. The van der Waals surface area contributed by atoms with E-state index in [-0.39, 0.29) is 30.0 Å². The molecule has 0 unspecified atom stereocenters. The Morgan fingerprint density at radius 2 is 1.94 bits per heavy atom. The fraction of sp³-hybridized carbons (Fsp3) is 0.250. The predicted molar refractivity (Wildman–Crippen MR) is 110 cm³/mol. The summed E-state index contributed by atoms with van der Waals surface area (Å²) in [5.74, 6) is -0.267. The highest BCUT2D eigenvalue weighted by Crippen LogP contribution is 2.28. The largest absolute Gasteiger partial charge is 0.417 e. The number of benzene rings is 1. The lowest BCUT2D eigenvalue weighted by Crippen LogP contribution is -2.33. The van der Waals surface area contributed by atoms with Crippen molar-refractivity contribution in [3.63, 3.8) is 0 Å². The first-order valence-corrected chi connectivity index (χ1v) is 9.23. The lowest BCUT2D eigenvalue weighted by atomic mass is 10.1. The minimum atomic E-state index is -4.46. The number of nitrogens with zero attached hydrogens (tertiary/aromatic N) is 3. The maximum absolute atomic E-state index is 12.6. The van der Waals surface area contributed by atoms with Crippen molar-refractivity contribution in [1.29, 1.82) is 0 Å². The summed E-state index contributed by atoms with van der Waals surface area (Å²) in [6.45, 7) is 2.22. The second-order valence-corrected chi connectivity index (χ2v) is 6.69. The van der Waals surface area contributed by atoms with E-state index in [2.05, 4.69) is 20.7 Å². The Morgan fingerprint density at radius 1 is 1.16 bits per heavy atom. The van der Waals surface area contributed by atoms with E-state index in [0.29, 0.717) is 12.3 Å². The van der Waals surface area contributed by atoms with Crippen LogP contribution < -0.4 is 10.6 Å². The average Bonchev–Trinajstić information content (AvgIpc) is 3.25. The molecule has 1 amide bonds. The number of halogens is 4. The first-order chi connectivity index (χ1) is 14.4. The molecule has 7 nitrogen and oxygen atoms in total. The van der Waals surface area contributed by atoms with Gasteiger partial charge in [-0.15, -0.1) is 12.4 Å². The van der Waals surface area contributed by atoms with Gasteiger partial charge in [-0.1, -0.05) is 12.1 Å². The summed E-state index contributed by atoms with van der Waals surface area (Å²) < 4.78 is 44.9. The molecule has 1 aliphatic heterocycles. The smallest absolute Gasteiger partial charge is 0.371 e.